The van der Waals surface area contributed by atoms with E-state index in [1.807, 2.05) is 0 Å². The van der Waals surface area contributed by atoms with Crippen molar-refractivity contribution in [2.75, 3.05) is 11.9 Å². The molecule has 3 rings (SSSR count). The highest BCUT2D eigenvalue weighted by Gasteiger charge is 2.29. The summed E-state index contributed by atoms with van der Waals surface area (Å²) in [6.45, 7) is -0.369. The number of anilines is 1. The average Bonchev–Trinajstić information content (AvgIpc) is 3.51. The van der Waals surface area contributed by atoms with Gasteiger partial charge in [-0.05, 0) is 65.2 Å². The molecule has 0 spiro atoms. The van der Waals surface area contributed by atoms with Crippen LogP contribution in [0.3, 0.4) is 0 Å². The van der Waals surface area contributed by atoms with E-state index in [1.54, 1.807) is 30.3 Å². The Morgan fingerprint density at radius 3 is 2.38 bits per heavy atom. The van der Waals surface area contributed by atoms with Gasteiger partial charge in [0.05, 0.1) is 9.50 Å². The first-order valence-corrected chi connectivity index (χ1v) is 10.2. The standard InChI is InChI=1S/C19H16BrCl2N3O4/c20-14-7-12(21)8-15(22)17(14)29-9-16(26)24-25-19(28)11-3-5-13(6-4-11)23-18(27)10-1-2-10/h3-8,10H,1-2,9H2,(H,23,27)(H,24,26)(H,25,28). The van der Waals surface area contributed by atoms with E-state index in [0.717, 1.165) is 12.8 Å². The summed E-state index contributed by atoms with van der Waals surface area (Å²) in [6.07, 6.45) is 1.83. The minimum atomic E-state index is -0.579. The van der Waals surface area contributed by atoms with Crippen molar-refractivity contribution in [3.05, 3.63) is 56.5 Å². The molecular weight excluding hydrogens is 485 g/mol. The van der Waals surface area contributed by atoms with Crippen molar-refractivity contribution >= 4 is 62.5 Å². The summed E-state index contributed by atoms with van der Waals surface area (Å²) in [5.41, 5.74) is 5.47. The first-order chi connectivity index (χ1) is 13.8. The van der Waals surface area contributed by atoms with E-state index in [0.29, 0.717) is 20.7 Å². The summed E-state index contributed by atoms with van der Waals surface area (Å²) >= 11 is 15.1. The van der Waals surface area contributed by atoms with Crippen molar-refractivity contribution in [3.8, 4) is 5.75 Å². The number of rotatable bonds is 6. The van der Waals surface area contributed by atoms with Crippen LogP contribution >= 0.6 is 39.1 Å². The molecule has 1 saturated carbocycles. The maximum absolute atomic E-state index is 12.1. The summed E-state index contributed by atoms with van der Waals surface area (Å²) in [4.78, 5) is 35.8. The number of amides is 3. The van der Waals surface area contributed by atoms with Gasteiger partial charge in [-0.3, -0.25) is 25.2 Å². The van der Waals surface area contributed by atoms with Crippen LogP contribution in [0.5, 0.6) is 5.75 Å². The molecule has 0 bridgehead atoms. The summed E-state index contributed by atoms with van der Waals surface area (Å²) < 4.78 is 5.86. The van der Waals surface area contributed by atoms with Crippen LogP contribution in [0.25, 0.3) is 0 Å². The summed E-state index contributed by atoms with van der Waals surface area (Å²) in [5.74, 6) is -0.740. The zero-order valence-corrected chi connectivity index (χ0v) is 18.0. The van der Waals surface area contributed by atoms with Crippen LogP contribution in [0.4, 0.5) is 5.69 Å². The molecule has 0 aromatic heterocycles. The van der Waals surface area contributed by atoms with Gasteiger partial charge in [-0.25, -0.2) is 0 Å². The number of carbonyl (C=O) groups excluding carboxylic acids is 3. The molecule has 29 heavy (non-hydrogen) atoms. The van der Waals surface area contributed by atoms with Crippen LogP contribution < -0.4 is 20.9 Å². The molecular formula is C19H16BrCl2N3O4. The molecule has 0 heterocycles. The molecule has 2 aromatic rings. The van der Waals surface area contributed by atoms with Gasteiger partial charge in [0.2, 0.25) is 5.91 Å². The van der Waals surface area contributed by atoms with Crippen molar-refractivity contribution in [3.63, 3.8) is 0 Å². The van der Waals surface area contributed by atoms with Crippen molar-refractivity contribution in [2.45, 2.75) is 12.8 Å². The number of hydrogen-bond donors (Lipinski definition) is 3. The lowest BCUT2D eigenvalue weighted by molar-refractivity contribution is -0.123. The third-order valence-corrected chi connectivity index (χ3v) is 5.08. The maximum Gasteiger partial charge on any atom is 0.276 e. The van der Waals surface area contributed by atoms with Gasteiger partial charge in [-0.1, -0.05) is 23.2 Å². The van der Waals surface area contributed by atoms with Crippen molar-refractivity contribution in [1.29, 1.82) is 0 Å². The molecule has 0 radical (unpaired) electrons. The van der Waals surface area contributed by atoms with E-state index in [2.05, 4.69) is 32.1 Å². The van der Waals surface area contributed by atoms with E-state index < -0.39 is 11.8 Å². The van der Waals surface area contributed by atoms with Crippen LogP contribution in [0.15, 0.2) is 40.9 Å². The Bertz CT molecular complexity index is 926. The van der Waals surface area contributed by atoms with E-state index in [1.165, 1.54) is 6.07 Å². The highest BCUT2D eigenvalue weighted by Crippen LogP contribution is 2.36. The Balaban J connectivity index is 1.46. The van der Waals surface area contributed by atoms with E-state index in [-0.39, 0.29) is 29.2 Å². The average molecular weight is 501 g/mol. The van der Waals surface area contributed by atoms with Crippen LogP contribution in [-0.2, 0) is 9.59 Å². The van der Waals surface area contributed by atoms with Crippen LogP contribution in [0.1, 0.15) is 23.2 Å². The molecule has 1 aliphatic rings. The lowest BCUT2D eigenvalue weighted by Gasteiger charge is -2.11. The highest BCUT2D eigenvalue weighted by molar-refractivity contribution is 9.10. The second-order valence-corrected chi connectivity index (χ2v) is 8.03. The number of hydrazine groups is 1. The third kappa shape index (κ3) is 6.09. The number of ether oxygens (including phenoxy) is 1. The van der Waals surface area contributed by atoms with E-state index in [4.69, 9.17) is 27.9 Å². The smallest absolute Gasteiger partial charge is 0.276 e. The minimum absolute atomic E-state index is 0.0121. The topological polar surface area (TPSA) is 96.5 Å². The number of carbonyl (C=O) groups is 3. The number of halogens is 3. The van der Waals surface area contributed by atoms with Gasteiger partial charge in [0, 0.05) is 22.2 Å². The predicted molar refractivity (Wildman–Crippen MR) is 113 cm³/mol. The molecule has 3 N–H and O–H groups in total. The summed E-state index contributed by atoms with van der Waals surface area (Å²) in [6, 6.07) is 9.41. The molecule has 1 fully saturated rings. The van der Waals surface area contributed by atoms with E-state index >= 15 is 0 Å². The number of benzene rings is 2. The Labute approximate surface area is 185 Å². The largest absolute Gasteiger partial charge is 0.481 e. The lowest BCUT2D eigenvalue weighted by Crippen LogP contribution is -2.43. The van der Waals surface area contributed by atoms with Crippen molar-refractivity contribution < 1.29 is 19.1 Å². The predicted octanol–water partition coefficient (Wildman–Crippen LogP) is 3.94. The van der Waals surface area contributed by atoms with Gasteiger partial charge in [-0.15, -0.1) is 0 Å². The molecule has 2 aromatic carbocycles. The Morgan fingerprint density at radius 1 is 1.07 bits per heavy atom. The quantitative estimate of drug-likeness (QED) is 0.523. The first kappa shape index (κ1) is 21.4. The van der Waals surface area contributed by atoms with Gasteiger partial charge in [0.15, 0.2) is 12.4 Å². The molecule has 1 aliphatic carbocycles. The molecule has 7 nitrogen and oxygen atoms in total. The van der Waals surface area contributed by atoms with Crippen LogP contribution in [0, 0.1) is 5.92 Å². The third-order valence-electron chi connectivity index (χ3n) is 3.99. The van der Waals surface area contributed by atoms with Gasteiger partial charge >= 0.3 is 0 Å². The van der Waals surface area contributed by atoms with E-state index in [9.17, 15) is 14.4 Å². The van der Waals surface area contributed by atoms with Gasteiger partial charge in [0.1, 0.15) is 0 Å². The first-order valence-electron chi connectivity index (χ1n) is 8.61. The van der Waals surface area contributed by atoms with Crippen molar-refractivity contribution in [1.82, 2.24) is 10.9 Å². The molecule has 0 atom stereocenters. The molecule has 0 unspecified atom stereocenters. The highest BCUT2D eigenvalue weighted by atomic mass is 79.9. The molecule has 3 amide bonds. The second kappa shape index (κ2) is 9.47. The number of nitrogens with one attached hydrogen (secondary N) is 3. The Morgan fingerprint density at radius 2 is 1.76 bits per heavy atom. The van der Waals surface area contributed by atoms with Gasteiger partial charge < -0.3 is 10.1 Å². The SMILES string of the molecule is O=C(COc1c(Cl)cc(Cl)cc1Br)NNC(=O)c1ccc(NC(=O)C2CC2)cc1. The molecule has 10 heteroatoms. The molecule has 152 valence electrons. The fraction of sp³-hybridized carbons (Fsp3) is 0.211. The maximum atomic E-state index is 12.1. The normalized spacial score (nSPS) is 12.8. The van der Waals surface area contributed by atoms with Gasteiger partial charge in [-0.2, -0.15) is 0 Å². The zero-order valence-electron chi connectivity index (χ0n) is 14.9. The fourth-order valence-corrected chi connectivity index (χ4v) is 3.70. The second-order valence-electron chi connectivity index (χ2n) is 6.33. The molecule has 0 saturated heterocycles. The fourth-order valence-electron chi connectivity index (χ4n) is 2.33. The summed E-state index contributed by atoms with van der Waals surface area (Å²) in [5, 5.41) is 3.45. The Hall–Kier alpha value is -2.29. The summed E-state index contributed by atoms with van der Waals surface area (Å²) in [7, 11) is 0. The monoisotopic (exact) mass is 499 g/mol. The van der Waals surface area contributed by atoms with Crippen molar-refractivity contribution in [2.24, 2.45) is 5.92 Å². The van der Waals surface area contributed by atoms with Gasteiger partial charge in [0.25, 0.3) is 11.8 Å². The minimum Gasteiger partial charge on any atom is -0.481 e. The Kier molecular flexibility index (Phi) is 7.00. The molecule has 0 aliphatic heterocycles. The zero-order chi connectivity index (χ0) is 21.0. The van der Waals surface area contributed by atoms with Crippen LogP contribution in [-0.4, -0.2) is 24.3 Å². The number of hydrogen-bond acceptors (Lipinski definition) is 4. The van der Waals surface area contributed by atoms with Crippen LogP contribution in [0.2, 0.25) is 10.0 Å². The lowest BCUT2D eigenvalue weighted by atomic mass is 10.2.